The minimum Gasteiger partial charge on any atom is -0.391 e. The maximum atomic E-state index is 9.44. The molecule has 1 N–H and O–H groups in total. The van der Waals surface area contributed by atoms with Crippen LogP contribution in [0.4, 0.5) is 0 Å². The molecule has 1 unspecified atom stereocenters. The smallest absolute Gasteiger partial charge is 0.164 e. The SMILES string of the molecule is C/C=C/[C@@H]1OC(C)(C)O[C@@H]1C(C)O. The van der Waals surface area contributed by atoms with Gasteiger partial charge in [-0.1, -0.05) is 12.2 Å². The van der Waals surface area contributed by atoms with Gasteiger partial charge < -0.3 is 14.6 Å². The van der Waals surface area contributed by atoms with Crippen molar-refractivity contribution >= 4 is 0 Å². The molecule has 1 saturated heterocycles. The molecule has 0 aromatic carbocycles. The van der Waals surface area contributed by atoms with E-state index >= 15 is 0 Å². The number of aliphatic hydroxyl groups excluding tert-OH is 1. The van der Waals surface area contributed by atoms with Crippen LogP contribution in [-0.4, -0.2) is 29.2 Å². The molecule has 1 fully saturated rings. The first-order valence-electron chi connectivity index (χ1n) is 4.63. The largest absolute Gasteiger partial charge is 0.391 e. The van der Waals surface area contributed by atoms with Crippen LogP contribution in [0.3, 0.4) is 0 Å². The highest BCUT2D eigenvalue weighted by atomic mass is 16.8. The Labute approximate surface area is 79.3 Å². The molecule has 76 valence electrons. The van der Waals surface area contributed by atoms with Gasteiger partial charge >= 0.3 is 0 Å². The maximum Gasteiger partial charge on any atom is 0.164 e. The van der Waals surface area contributed by atoms with Gasteiger partial charge in [-0.05, 0) is 27.7 Å². The molecule has 1 aliphatic heterocycles. The van der Waals surface area contributed by atoms with Gasteiger partial charge in [0.25, 0.3) is 0 Å². The fourth-order valence-electron chi connectivity index (χ4n) is 1.53. The van der Waals surface area contributed by atoms with Crippen LogP contribution in [0.1, 0.15) is 27.7 Å². The predicted octanol–water partition coefficient (Wildman–Crippen LogP) is 1.46. The van der Waals surface area contributed by atoms with Gasteiger partial charge in [0.2, 0.25) is 0 Å². The average molecular weight is 186 g/mol. The zero-order valence-corrected chi connectivity index (χ0v) is 8.65. The number of hydrogen-bond acceptors (Lipinski definition) is 3. The van der Waals surface area contributed by atoms with Gasteiger partial charge in [0.1, 0.15) is 12.2 Å². The zero-order valence-electron chi connectivity index (χ0n) is 8.65. The summed E-state index contributed by atoms with van der Waals surface area (Å²) in [5.41, 5.74) is 0. The number of aliphatic hydroxyl groups is 1. The lowest BCUT2D eigenvalue weighted by atomic mass is 10.1. The van der Waals surface area contributed by atoms with E-state index in [1.54, 1.807) is 6.92 Å². The van der Waals surface area contributed by atoms with Crippen molar-refractivity contribution in [3.05, 3.63) is 12.2 Å². The summed E-state index contributed by atoms with van der Waals surface area (Å²) >= 11 is 0. The molecule has 13 heavy (non-hydrogen) atoms. The summed E-state index contributed by atoms with van der Waals surface area (Å²) in [6.07, 6.45) is 2.91. The Hall–Kier alpha value is -0.380. The molecule has 0 bridgehead atoms. The summed E-state index contributed by atoms with van der Waals surface area (Å²) in [5.74, 6) is -0.591. The second-order valence-corrected chi connectivity index (χ2v) is 3.83. The monoisotopic (exact) mass is 186 g/mol. The fraction of sp³-hybridized carbons (Fsp3) is 0.800. The van der Waals surface area contributed by atoms with Crippen molar-refractivity contribution in [2.45, 2.75) is 51.8 Å². The molecule has 3 nitrogen and oxygen atoms in total. The van der Waals surface area contributed by atoms with Crippen molar-refractivity contribution in [1.29, 1.82) is 0 Å². The predicted molar refractivity (Wildman–Crippen MR) is 50.3 cm³/mol. The quantitative estimate of drug-likeness (QED) is 0.664. The highest BCUT2D eigenvalue weighted by molar-refractivity contribution is 4.98. The Kier molecular flexibility index (Phi) is 3.11. The third-order valence-electron chi connectivity index (χ3n) is 2.02. The van der Waals surface area contributed by atoms with Gasteiger partial charge in [-0.15, -0.1) is 0 Å². The summed E-state index contributed by atoms with van der Waals surface area (Å²) < 4.78 is 11.1. The van der Waals surface area contributed by atoms with E-state index in [1.165, 1.54) is 0 Å². The summed E-state index contributed by atoms with van der Waals surface area (Å²) in [4.78, 5) is 0. The normalized spacial score (nSPS) is 35.5. The van der Waals surface area contributed by atoms with E-state index in [0.717, 1.165) is 0 Å². The second-order valence-electron chi connectivity index (χ2n) is 3.83. The van der Waals surface area contributed by atoms with Crippen LogP contribution in [-0.2, 0) is 9.47 Å². The zero-order chi connectivity index (χ0) is 10.1. The van der Waals surface area contributed by atoms with Gasteiger partial charge in [-0.3, -0.25) is 0 Å². The van der Waals surface area contributed by atoms with Crippen molar-refractivity contribution in [2.24, 2.45) is 0 Å². The molecule has 0 radical (unpaired) electrons. The number of rotatable bonds is 2. The molecular weight excluding hydrogens is 168 g/mol. The van der Waals surface area contributed by atoms with E-state index in [9.17, 15) is 5.11 Å². The van der Waals surface area contributed by atoms with Crippen LogP contribution in [0.25, 0.3) is 0 Å². The van der Waals surface area contributed by atoms with Crippen molar-refractivity contribution in [2.75, 3.05) is 0 Å². The Morgan fingerprint density at radius 1 is 1.38 bits per heavy atom. The lowest BCUT2D eigenvalue weighted by Crippen LogP contribution is -2.32. The minimum absolute atomic E-state index is 0.139. The second kappa shape index (κ2) is 3.78. The minimum atomic E-state index is -0.591. The Morgan fingerprint density at radius 3 is 2.46 bits per heavy atom. The van der Waals surface area contributed by atoms with E-state index in [-0.39, 0.29) is 12.2 Å². The first-order valence-corrected chi connectivity index (χ1v) is 4.63. The highest BCUT2D eigenvalue weighted by Crippen LogP contribution is 2.30. The van der Waals surface area contributed by atoms with Crippen LogP contribution in [0.5, 0.6) is 0 Å². The molecule has 3 atom stereocenters. The molecule has 0 amide bonds. The van der Waals surface area contributed by atoms with E-state index in [4.69, 9.17) is 9.47 Å². The molecule has 0 aromatic rings. The van der Waals surface area contributed by atoms with Gasteiger partial charge in [-0.25, -0.2) is 0 Å². The van der Waals surface area contributed by atoms with Crippen molar-refractivity contribution < 1.29 is 14.6 Å². The Balaban J connectivity index is 2.71. The van der Waals surface area contributed by atoms with Gasteiger partial charge in [0.05, 0.1) is 6.10 Å². The van der Waals surface area contributed by atoms with E-state index in [1.807, 2.05) is 32.9 Å². The fourth-order valence-corrected chi connectivity index (χ4v) is 1.53. The molecule has 0 aromatic heterocycles. The average Bonchev–Trinajstić information content (AvgIpc) is 2.26. The van der Waals surface area contributed by atoms with E-state index in [2.05, 4.69) is 0 Å². The van der Waals surface area contributed by atoms with E-state index < -0.39 is 11.9 Å². The van der Waals surface area contributed by atoms with Crippen LogP contribution in [0.15, 0.2) is 12.2 Å². The standard InChI is InChI=1S/C10H18O3/c1-5-6-8-9(7(2)11)13-10(3,4)12-8/h5-9,11H,1-4H3/b6-5+/t7?,8-,9+/m0/s1. The van der Waals surface area contributed by atoms with Gasteiger partial charge in [0.15, 0.2) is 5.79 Å². The van der Waals surface area contributed by atoms with Gasteiger partial charge in [-0.2, -0.15) is 0 Å². The van der Waals surface area contributed by atoms with Gasteiger partial charge in [0, 0.05) is 0 Å². The Bertz CT molecular complexity index is 196. The molecule has 0 spiro atoms. The summed E-state index contributed by atoms with van der Waals surface area (Å²) in [6.45, 7) is 7.34. The first kappa shape index (κ1) is 10.7. The number of hydrogen-bond donors (Lipinski definition) is 1. The van der Waals surface area contributed by atoms with Crippen molar-refractivity contribution in [3.63, 3.8) is 0 Å². The van der Waals surface area contributed by atoms with Crippen LogP contribution in [0, 0.1) is 0 Å². The summed E-state index contributed by atoms with van der Waals surface area (Å²) in [7, 11) is 0. The summed E-state index contributed by atoms with van der Waals surface area (Å²) in [5, 5.41) is 9.44. The van der Waals surface area contributed by atoms with Crippen LogP contribution in [0.2, 0.25) is 0 Å². The van der Waals surface area contributed by atoms with Crippen LogP contribution < -0.4 is 0 Å². The molecule has 3 heteroatoms. The van der Waals surface area contributed by atoms with E-state index in [0.29, 0.717) is 0 Å². The highest BCUT2D eigenvalue weighted by Gasteiger charge is 2.41. The number of allylic oxidation sites excluding steroid dienone is 1. The molecule has 0 saturated carbocycles. The third-order valence-corrected chi connectivity index (χ3v) is 2.02. The molecule has 0 aliphatic carbocycles. The number of ether oxygens (including phenoxy) is 2. The lowest BCUT2D eigenvalue weighted by Gasteiger charge is -2.18. The lowest BCUT2D eigenvalue weighted by molar-refractivity contribution is -0.152. The topological polar surface area (TPSA) is 38.7 Å². The maximum absolute atomic E-state index is 9.44. The first-order chi connectivity index (χ1) is 5.96. The molecule has 1 heterocycles. The third kappa shape index (κ3) is 2.53. The molecule has 1 aliphatic rings. The summed E-state index contributed by atoms with van der Waals surface area (Å²) in [6, 6.07) is 0. The molecule has 1 rings (SSSR count). The molecular formula is C10H18O3. The van der Waals surface area contributed by atoms with Crippen LogP contribution >= 0.6 is 0 Å². The van der Waals surface area contributed by atoms with Crippen molar-refractivity contribution in [3.8, 4) is 0 Å². The Morgan fingerprint density at radius 2 is 2.00 bits per heavy atom. The van der Waals surface area contributed by atoms with Crippen molar-refractivity contribution in [1.82, 2.24) is 0 Å².